The SMILES string of the molecule is COCCCOCCNCC1CC(Cl)C1. The van der Waals surface area contributed by atoms with Gasteiger partial charge in [-0.05, 0) is 31.7 Å². The first-order valence-corrected chi connectivity index (χ1v) is 6.18. The minimum absolute atomic E-state index is 0.432. The lowest BCUT2D eigenvalue weighted by atomic mass is 9.85. The zero-order valence-electron chi connectivity index (χ0n) is 9.51. The maximum absolute atomic E-state index is 5.89. The average Bonchev–Trinajstić information content (AvgIpc) is 2.19. The van der Waals surface area contributed by atoms with Gasteiger partial charge in [-0.1, -0.05) is 0 Å². The van der Waals surface area contributed by atoms with Gasteiger partial charge in [-0.15, -0.1) is 11.6 Å². The van der Waals surface area contributed by atoms with E-state index in [-0.39, 0.29) is 0 Å². The average molecular weight is 236 g/mol. The fourth-order valence-corrected chi connectivity index (χ4v) is 2.18. The molecule has 0 saturated heterocycles. The molecule has 0 bridgehead atoms. The van der Waals surface area contributed by atoms with Crippen molar-refractivity contribution >= 4 is 11.6 Å². The van der Waals surface area contributed by atoms with Gasteiger partial charge in [0.15, 0.2) is 0 Å². The van der Waals surface area contributed by atoms with E-state index in [4.69, 9.17) is 21.1 Å². The van der Waals surface area contributed by atoms with Gasteiger partial charge in [0.05, 0.1) is 6.61 Å². The number of nitrogens with one attached hydrogen (secondary N) is 1. The molecule has 0 spiro atoms. The zero-order valence-corrected chi connectivity index (χ0v) is 10.3. The van der Waals surface area contributed by atoms with Crippen molar-refractivity contribution < 1.29 is 9.47 Å². The highest BCUT2D eigenvalue weighted by Gasteiger charge is 2.26. The smallest absolute Gasteiger partial charge is 0.0590 e. The van der Waals surface area contributed by atoms with Crippen molar-refractivity contribution in [2.75, 3.05) is 40.0 Å². The lowest BCUT2D eigenvalue weighted by Crippen LogP contribution is -2.34. The number of halogens is 1. The lowest BCUT2D eigenvalue weighted by molar-refractivity contribution is 0.103. The van der Waals surface area contributed by atoms with Gasteiger partial charge < -0.3 is 14.8 Å². The minimum Gasteiger partial charge on any atom is -0.385 e. The summed E-state index contributed by atoms with van der Waals surface area (Å²) < 4.78 is 10.3. The third kappa shape index (κ3) is 6.36. The number of hydrogen-bond acceptors (Lipinski definition) is 3. The Morgan fingerprint density at radius 2 is 2.07 bits per heavy atom. The first-order chi connectivity index (χ1) is 7.33. The van der Waals surface area contributed by atoms with E-state index in [1.807, 2.05) is 0 Å². The fraction of sp³-hybridized carbons (Fsp3) is 1.00. The Labute approximate surface area is 97.5 Å². The Balaban J connectivity index is 1.70. The number of hydrogen-bond donors (Lipinski definition) is 1. The minimum atomic E-state index is 0.432. The number of ether oxygens (including phenoxy) is 2. The quantitative estimate of drug-likeness (QED) is 0.487. The summed E-state index contributed by atoms with van der Waals surface area (Å²) in [5.41, 5.74) is 0. The van der Waals surface area contributed by atoms with Crippen molar-refractivity contribution in [3.63, 3.8) is 0 Å². The molecule has 0 aromatic carbocycles. The van der Waals surface area contributed by atoms with Crippen LogP contribution in [0.1, 0.15) is 19.3 Å². The van der Waals surface area contributed by atoms with E-state index < -0.39 is 0 Å². The second-order valence-corrected chi connectivity index (χ2v) is 4.71. The third-order valence-electron chi connectivity index (χ3n) is 2.67. The second kappa shape index (κ2) is 8.34. The molecule has 1 aliphatic rings. The van der Waals surface area contributed by atoms with Gasteiger partial charge in [0.25, 0.3) is 0 Å². The van der Waals surface area contributed by atoms with Crippen molar-refractivity contribution in [2.45, 2.75) is 24.6 Å². The van der Waals surface area contributed by atoms with E-state index in [1.54, 1.807) is 7.11 Å². The summed E-state index contributed by atoms with van der Waals surface area (Å²) >= 11 is 5.89. The topological polar surface area (TPSA) is 30.5 Å². The van der Waals surface area contributed by atoms with Crippen molar-refractivity contribution in [2.24, 2.45) is 5.92 Å². The predicted molar refractivity (Wildman–Crippen MR) is 62.5 cm³/mol. The van der Waals surface area contributed by atoms with Crippen LogP contribution in [-0.2, 0) is 9.47 Å². The van der Waals surface area contributed by atoms with E-state index in [0.717, 1.165) is 45.2 Å². The third-order valence-corrected chi connectivity index (χ3v) is 3.03. The van der Waals surface area contributed by atoms with Gasteiger partial charge in [-0.2, -0.15) is 0 Å². The molecule has 1 N–H and O–H groups in total. The van der Waals surface area contributed by atoms with Crippen molar-refractivity contribution in [1.82, 2.24) is 5.32 Å². The summed E-state index contributed by atoms with van der Waals surface area (Å²) in [6.07, 6.45) is 3.32. The molecule has 1 saturated carbocycles. The molecule has 0 unspecified atom stereocenters. The lowest BCUT2D eigenvalue weighted by Gasteiger charge is -2.30. The van der Waals surface area contributed by atoms with Crippen LogP contribution in [0, 0.1) is 5.92 Å². The molecule has 0 aromatic rings. The van der Waals surface area contributed by atoms with Crippen LogP contribution in [0.5, 0.6) is 0 Å². The molecule has 0 heterocycles. The van der Waals surface area contributed by atoms with Crippen LogP contribution in [0.2, 0.25) is 0 Å². The molecular weight excluding hydrogens is 214 g/mol. The molecule has 1 aliphatic carbocycles. The van der Waals surface area contributed by atoms with E-state index in [1.165, 1.54) is 12.8 Å². The molecule has 1 fully saturated rings. The normalized spacial score (nSPS) is 25.2. The van der Waals surface area contributed by atoms with Gasteiger partial charge in [0.1, 0.15) is 0 Å². The van der Waals surface area contributed by atoms with Gasteiger partial charge in [-0.3, -0.25) is 0 Å². The Hall–Kier alpha value is 0.170. The summed E-state index contributed by atoms with van der Waals surface area (Å²) in [5, 5.41) is 3.82. The molecule has 1 rings (SSSR count). The van der Waals surface area contributed by atoms with E-state index in [9.17, 15) is 0 Å². The van der Waals surface area contributed by atoms with Crippen LogP contribution in [0.3, 0.4) is 0 Å². The summed E-state index contributed by atoms with van der Waals surface area (Å²) in [7, 11) is 1.71. The molecule has 0 radical (unpaired) electrons. The highest BCUT2D eigenvalue weighted by atomic mass is 35.5. The van der Waals surface area contributed by atoms with E-state index >= 15 is 0 Å². The summed E-state index contributed by atoms with van der Waals surface area (Å²) in [6.45, 7) is 4.40. The maximum atomic E-state index is 5.89. The summed E-state index contributed by atoms with van der Waals surface area (Å²) in [6, 6.07) is 0. The van der Waals surface area contributed by atoms with Gasteiger partial charge in [0.2, 0.25) is 0 Å². The molecule has 0 aliphatic heterocycles. The summed E-state index contributed by atoms with van der Waals surface area (Å²) in [5.74, 6) is 0.793. The standard InChI is InChI=1S/C11H22ClNO2/c1-14-4-2-5-15-6-3-13-9-10-7-11(12)8-10/h10-11,13H,2-9H2,1H3. The van der Waals surface area contributed by atoms with Crippen molar-refractivity contribution in [3.8, 4) is 0 Å². The fourth-order valence-electron chi connectivity index (χ4n) is 1.68. The van der Waals surface area contributed by atoms with Gasteiger partial charge in [-0.25, -0.2) is 0 Å². The monoisotopic (exact) mass is 235 g/mol. The van der Waals surface area contributed by atoms with Crippen LogP contribution in [-0.4, -0.2) is 45.4 Å². The van der Waals surface area contributed by atoms with E-state index in [0.29, 0.717) is 5.38 Å². The molecule has 0 amide bonds. The number of alkyl halides is 1. The van der Waals surface area contributed by atoms with Crippen LogP contribution in [0.4, 0.5) is 0 Å². The predicted octanol–water partition coefficient (Wildman–Crippen LogP) is 1.65. The largest absolute Gasteiger partial charge is 0.385 e. The molecule has 3 nitrogen and oxygen atoms in total. The molecule has 0 aromatic heterocycles. The van der Waals surface area contributed by atoms with Crippen LogP contribution < -0.4 is 5.32 Å². The molecule has 90 valence electrons. The highest BCUT2D eigenvalue weighted by Crippen LogP contribution is 2.30. The first kappa shape index (κ1) is 13.2. The molecule has 15 heavy (non-hydrogen) atoms. The van der Waals surface area contributed by atoms with Gasteiger partial charge >= 0.3 is 0 Å². The second-order valence-electron chi connectivity index (χ2n) is 4.10. The van der Waals surface area contributed by atoms with Crippen molar-refractivity contribution in [1.29, 1.82) is 0 Å². The molecule has 0 atom stereocenters. The first-order valence-electron chi connectivity index (χ1n) is 5.74. The molecular formula is C11H22ClNO2. The van der Waals surface area contributed by atoms with Crippen LogP contribution in [0.15, 0.2) is 0 Å². The van der Waals surface area contributed by atoms with Gasteiger partial charge in [0, 0.05) is 32.2 Å². The maximum Gasteiger partial charge on any atom is 0.0590 e. The van der Waals surface area contributed by atoms with E-state index in [2.05, 4.69) is 5.32 Å². The summed E-state index contributed by atoms with van der Waals surface area (Å²) in [4.78, 5) is 0. The number of rotatable bonds is 9. The Kier molecular flexibility index (Phi) is 7.36. The van der Waals surface area contributed by atoms with Crippen LogP contribution in [0.25, 0.3) is 0 Å². The Bertz CT molecular complexity index is 152. The Morgan fingerprint density at radius 1 is 1.27 bits per heavy atom. The van der Waals surface area contributed by atoms with Crippen LogP contribution >= 0.6 is 11.6 Å². The number of methoxy groups -OCH3 is 1. The Morgan fingerprint density at radius 3 is 2.73 bits per heavy atom. The zero-order chi connectivity index (χ0) is 10.9. The van der Waals surface area contributed by atoms with Crippen molar-refractivity contribution in [3.05, 3.63) is 0 Å². The molecule has 4 heteroatoms. The highest BCUT2D eigenvalue weighted by molar-refractivity contribution is 6.21.